The van der Waals surface area contributed by atoms with Crippen LogP contribution in [0.4, 0.5) is 0 Å². The van der Waals surface area contributed by atoms with E-state index in [4.69, 9.17) is 0 Å². The van der Waals surface area contributed by atoms with Gasteiger partial charge in [0.15, 0.2) is 11.6 Å². The molecule has 5 nitrogen and oxygen atoms in total. The Labute approximate surface area is 126 Å². The summed E-state index contributed by atoms with van der Waals surface area (Å²) in [6.45, 7) is 8.46. The van der Waals surface area contributed by atoms with E-state index < -0.39 is 0 Å². The molecule has 0 radical (unpaired) electrons. The molecule has 0 aliphatic carbocycles. The van der Waals surface area contributed by atoms with E-state index in [1.807, 2.05) is 36.7 Å². The fourth-order valence-electron chi connectivity index (χ4n) is 2.99. The number of aromatic nitrogens is 4. The molecular weight excluding hydrogens is 262 g/mol. The molecule has 2 aromatic heterocycles. The number of rotatable bonds is 3. The summed E-state index contributed by atoms with van der Waals surface area (Å²) in [5, 5.41) is 4.55. The van der Waals surface area contributed by atoms with E-state index in [1.54, 1.807) is 0 Å². The highest BCUT2D eigenvalue weighted by molar-refractivity contribution is 5.25. The summed E-state index contributed by atoms with van der Waals surface area (Å²) < 4.78 is 1.90. The Bertz CT molecular complexity index is 613. The summed E-state index contributed by atoms with van der Waals surface area (Å²) in [5.41, 5.74) is 0.997. The molecule has 1 atom stereocenters. The van der Waals surface area contributed by atoms with Crippen molar-refractivity contribution in [1.82, 2.24) is 24.6 Å². The highest BCUT2D eigenvalue weighted by Gasteiger charge is 2.24. The first-order chi connectivity index (χ1) is 10.1. The maximum atomic E-state index is 4.66. The molecular formula is C16H23N5. The van der Waals surface area contributed by atoms with Gasteiger partial charge in [-0.3, -0.25) is 4.90 Å². The normalized spacial score (nSPS) is 17.9. The number of hydrogen-bond donors (Lipinski definition) is 0. The topological polar surface area (TPSA) is 46.8 Å². The Morgan fingerprint density at radius 2 is 1.81 bits per heavy atom. The zero-order valence-electron chi connectivity index (χ0n) is 13.1. The molecule has 1 fully saturated rings. The lowest BCUT2D eigenvalue weighted by atomic mass is 10.1. The van der Waals surface area contributed by atoms with Gasteiger partial charge in [-0.25, -0.2) is 9.97 Å². The minimum atomic E-state index is 0.272. The SMILES string of the molecule is Cc1cccc(-n2nc(C)nc2C(C)N2CCCCC2)n1. The summed E-state index contributed by atoms with van der Waals surface area (Å²) in [4.78, 5) is 11.7. The van der Waals surface area contributed by atoms with Crippen molar-refractivity contribution in [2.45, 2.75) is 46.1 Å². The Kier molecular flexibility index (Phi) is 4.01. The van der Waals surface area contributed by atoms with Crippen LogP contribution in [0.5, 0.6) is 0 Å². The van der Waals surface area contributed by atoms with E-state index in [9.17, 15) is 0 Å². The van der Waals surface area contributed by atoms with Gasteiger partial charge in [0.25, 0.3) is 0 Å². The van der Waals surface area contributed by atoms with Crippen LogP contribution >= 0.6 is 0 Å². The Balaban J connectivity index is 1.95. The third-order valence-corrected chi connectivity index (χ3v) is 4.14. The number of aryl methyl sites for hydroxylation is 2. The molecule has 0 saturated carbocycles. The molecule has 2 aromatic rings. The maximum absolute atomic E-state index is 4.66. The lowest BCUT2D eigenvalue weighted by Crippen LogP contribution is -2.33. The summed E-state index contributed by atoms with van der Waals surface area (Å²) in [7, 11) is 0. The van der Waals surface area contributed by atoms with Crippen LogP contribution in [0.15, 0.2) is 18.2 Å². The average Bonchev–Trinajstić information content (AvgIpc) is 2.89. The third-order valence-electron chi connectivity index (χ3n) is 4.14. The van der Waals surface area contributed by atoms with Gasteiger partial charge in [0.2, 0.25) is 0 Å². The second kappa shape index (κ2) is 5.93. The fourth-order valence-corrected chi connectivity index (χ4v) is 2.99. The van der Waals surface area contributed by atoms with Gasteiger partial charge in [0.05, 0.1) is 6.04 Å². The lowest BCUT2D eigenvalue weighted by Gasteiger charge is -2.31. The number of nitrogens with zero attached hydrogens (tertiary/aromatic N) is 5. The van der Waals surface area contributed by atoms with Gasteiger partial charge >= 0.3 is 0 Å². The fraction of sp³-hybridized carbons (Fsp3) is 0.562. The van der Waals surface area contributed by atoms with Gasteiger partial charge in [-0.05, 0) is 58.8 Å². The van der Waals surface area contributed by atoms with E-state index in [2.05, 4.69) is 26.9 Å². The second-order valence-electron chi connectivity index (χ2n) is 5.84. The maximum Gasteiger partial charge on any atom is 0.155 e. The monoisotopic (exact) mass is 285 g/mol. The van der Waals surface area contributed by atoms with Crippen molar-refractivity contribution in [3.05, 3.63) is 35.5 Å². The highest BCUT2D eigenvalue weighted by atomic mass is 15.4. The first kappa shape index (κ1) is 14.2. The molecule has 3 heterocycles. The molecule has 0 bridgehead atoms. The van der Waals surface area contributed by atoms with Gasteiger partial charge in [-0.1, -0.05) is 12.5 Å². The van der Waals surface area contributed by atoms with Crippen LogP contribution in [0.2, 0.25) is 0 Å². The molecule has 0 spiro atoms. The average molecular weight is 285 g/mol. The van der Waals surface area contributed by atoms with Crippen molar-refractivity contribution >= 4 is 0 Å². The molecule has 3 rings (SSSR count). The van der Waals surface area contributed by atoms with Crippen molar-refractivity contribution in [3.63, 3.8) is 0 Å². The van der Waals surface area contributed by atoms with Crippen LogP contribution in [0.3, 0.4) is 0 Å². The van der Waals surface area contributed by atoms with Crippen molar-refractivity contribution in [2.75, 3.05) is 13.1 Å². The number of hydrogen-bond acceptors (Lipinski definition) is 4. The molecule has 1 aliphatic rings. The number of pyridine rings is 1. The van der Waals surface area contributed by atoms with Gasteiger partial charge in [0, 0.05) is 5.69 Å². The Morgan fingerprint density at radius 1 is 1.05 bits per heavy atom. The molecule has 1 unspecified atom stereocenters. The molecule has 0 aromatic carbocycles. The van der Waals surface area contributed by atoms with E-state index in [0.717, 1.165) is 36.3 Å². The van der Waals surface area contributed by atoms with Crippen molar-refractivity contribution in [2.24, 2.45) is 0 Å². The molecule has 1 saturated heterocycles. The first-order valence-electron chi connectivity index (χ1n) is 7.77. The Morgan fingerprint density at radius 3 is 2.52 bits per heavy atom. The minimum Gasteiger partial charge on any atom is -0.294 e. The van der Waals surface area contributed by atoms with E-state index in [1.165, 1.54) is 19.3 Å². The van der Waals surface area contributed by atoms with Crippen molar-refractivity contribution in [3.8, 4) is 5.82 Å². The first-order valence-corrected chi connectivity index (χ1v) is 7.77. The summed E-state index contributed by atoms with van der Waals surface area (Å²) in [6, 6.07) is 6.28. The molecule has 0 amide bonds. The van der Waals surface area contributed by atoms with Crippen LogP contribution in [-0.2, 0) is 0 Å². The van der Waals surface area contributed by atoms with Gasteiger partial charge < -0.3 is 0 Å². The van der Waals surface area contributed by atoms with Crippen LogP contribution in [0, 0.1) is 13.8 Å². The standard InChI is InChI=1S/C16H23N5/c1-12-8-7-9-15(17-12)21-16(18-14(3)19-21)13(2)20-10-5-4-6-11-20/h7-9,13H,4-6,10-11H2,1-3H3. The second-order valence-corrected chi connectivity index (χ2v) is 5.84. The van der Waals surface area contributed by atoms with Crippen LogP contribution in [-0.4, -0.2) is 37.7 Å². The highest BCUT2D eigenvalue weighted by Crippen LogP contribution is 2.24. The smallest absolute Gasteiger partial charge is 0.155 e. The predicted octanol–water partition coefficient (Wildman–Crippen LogP) is 2.83. The van der Waals surface area contributed by atoms with Crippen LogP contribution in [0.1, 0.15) is 49.6 Å². The zero-order chi connectivity index (χ0) is 14.8. The largest absolute Gasteiger partial charge is 0.294 e. The quantitative estimate of drug-likeness (QED) is 0.870. The molecule has 5 heteroatoms. The molecule has 21 heavy (non-hydrogen) atoms. The molecule has 0 N–H and O–H groups in total. The van der Waals surface area contributed by atoms with E-state index >= 15 is 0 Å². The van der Waals surface area contributed by atoms with E-state index in [0.29, 0.717) is 0 Å². The van der Waals surface area contributed by atoms with E-state index in [-0.39, 0.29) is 6.04 Å². The molecule has 112 valence electrons. The number of likely N-dealkylation sites (tertiary alicyclic amines) is 1. The van der Waals surface area contributed by atoms with Crippen molar-refractivity contribution < 1.29 is 0 Å². The van der Waals surface area contributed by atoms with Crippen LogP contribution in [0.25, 0.3) is 5.82 Å². The van der Waals surface area contributed by atoms with Crippen LogP contribution < -0.4 is 0 Å². The van der Waals surface area contributed by atoms with Gasteiger partial charge in [0.1, 0.15) is 5.82 Å². The summed E-state index contributed by atoms with van der Waals surface area (Å²) >= 11 is 0. The third kappa shape index (κ3) is 2.97. The summed E-state index contributed by atoms with van der Waals surface area (Å²) in [6.07, 6.45) is 3.90. The summed E-state index contributed by atoms with van der Waals surface area (Å²) in [5.74, 6) is 2.65. The van der Waals surface area contributed by atoms with Crippen molar-refractivity contribution in [1.29, 1.82) is 0 Å². The van der Waals surface area contributed by atoms with Gasteiger partial charge in [-0.2, -0.15) is 4.68 Å². The Hall–Kier alpha value is -1.75. The molecule has 1 aliphatic heterocycles. The minimum absolute atomic E-state index is 0.272. The number of piperidine rings is 1. The van der Waals surface area contributed by atoms with Gasteiger partial charge in [-0.15, -0.1) is 5.10 Å². The lowest BCUT2D eigenvalue weighted by molar-refractivity contribution is 0.167. The zero-order valence-corrected chi connectivity index (χ0v) is 13.1. The predicted molar refractivity (Wildman–Crippen MR) is 82.5 cm³/mol.